The van der Waals surface area contributed by atoms with Gasteiger partial charge in [0.2, 0.25) is 0 Å². The Kier molecular flexibility index (Phi) is 5.88. The summed E-state index contributed by atoms with van der Waals surface area (Å²) in [4.78, 5) is 11.2. The van der Waals surface area contributed by atoms with Gasteiger partial charge in [0.15, 0.2) is 0 Å². The standard InChI is InChI=1S/C11H15BrN2O2/c1-13-6-7-14-11(15)16-8-9-2-4-10(12)5-3-9/h2-5,13H,6-8H2,1H3,(H,14,15). The number of ether oxygens (including phenoxy) is 1. The minimum atomic E-state index is -0.391. The Morgan fingerprint density at radius 2 is 2.00 bits per heavy atom. The predicted octanol–water partition coefficient (Wildman–Crippen LogP) is 1.89. The van der Waals surface area contributed by atoms with Crippen LogP contribution >= 0.6 is 15.9 Å². The molecule has 0 aliphatic heterocycles. The van der Waals surface area contributed by atoms with E-state index in [-0.39, 0.29) is 0 Å². The first kappa shape index (κ1) is 13.0. The summed E-state index contributed by atoms with van der Waals surface area (Å²) in [5, 5.41) is 5.56. The summed E-state index contributed by atoms with van der Waals surface area (Å²) in [7, 11) is 1.83. The predicted molar refractivity (Wildman–Crippen MR) is 66.3 cm³/mol. The van der Waals surface area contributed by atoms with Crippen LogP contribution in [0, 0.1) is 0 Å². The number of carbonyl (C=O) groups is 1. The molecule has 2 N–H and O–H groups in total. The van der Waals surface area contributed by atoms with Gasteiger partial charge in [-0.1, -0.05) is 28.1 Å². The van der Waals surface area contributed by atoms with Crippen molar-refractivity contribution in [1.29, 1.82) is 0 Å². The molecule has 0 saturated heterocycles. The molecule has 1 rings (SSSR count). The molecule has 0 aliphatic carbocycles. The van der Waals surface area contributed by atoms with Crippen molar-refractivity contribution < 1.29 is 9.53 Å². The molecule has 88 valence electrons. The molecule has 1 aromatic carbocycles. The summed E-state index contributed by atoms with van der Waals surface area (Å²) >= 11 is 3.34. The highest BCUT2D eigenvalue weighted by molar-refractivity contribution is 9.10. The molecule has 0 spiro atoms. The minimum Gasteiger partial charge on any atom is -0.445 e. The number of rotatable bonds is 5. The summed E-state index contributed by atoms with van der Waals surface area (Å²) in [6.45, 7) is 1.59. The third-order valence-corrected chi connectivity index (χ3v) is 2.46. The van der Waals surface area contributed by atoms with Crippen molar-refractivity contribution >= 4 is 22.0 Å². The molecule has 0 fully saturated rings. The lowest BCUT2D eigenvalue weighted by Crippen LogP contribution is -2.30. The van der Waals surface area contributed by atoms with E-state index >= 15 is 0 Å². The van der Waals surface area contributed by atoms with Gasteiger partial charge < -0.3 is 15.4 Å². The van der Waals surface area contributed by atoms with Crippen molar-refractivity contribution in [2.24, 2.45) is 0 Å². The van der Waals surface area contributed by atoms with Crippen LogP contribution in [0.5, 0.6) is 0 Å². The molecule has 0 bridgehead atoms. The second-order valence-electron chi connectivity index (χ2n) is 3.23. The number of likely N-dealkylation sites (N-methyl/N-ethyl adjacent to an activating group) is 1. The summed E-state index contributed by atoms with van der Waals surface area (Å²) in [5.41, 5.74) is 0.965. The molecule has 16 heavy (non-hydrogen) atoms. The molecule has 0 aliphatic rings. The molecule has 0 saturated carbocycles. The first-order valence-corrected chi connectivity index (χ1v) is 5.81. The molecule has 1 aromatic rings. The fourth-order valence-electron chi connectivity index (χ4n) is 1.07. The van der Waals surface area contributed by atoms with Crippen molar-refractivity contribution in [3.05, 3.63) is 34.3 Å². The van der Waals surface area contributed by atoms with Crippen LogP contribution < -0.4 is 10.6 Å². The normalized spacial score (nSPS) is 9.88. The largest absolute Gasteiger partial charge is 0.445 e. The van der Waals surface area contributed by atoms with E-state index in [0.717, 1.165) is 16.6 Å². The second-order valence-corrected chi connectivity index (χ2v) is 4.15. The van der Waals surface area contributed by atoms with Crippen LogP contribution in [0.2, 0.25) is 0 Å². The van der Waals surface area contributed by atoms with Gasteiger partial charge in [-0.05, 0) is 24.7 Å². The van der Waals surface area contributed by atoms with Gasteiger partial charge >= 0.3 is 6.09 Å². The van der Waals surface area contributed by atoms with Gasteiger partial charge in [-0.25, -0.2) is 4.79 Å². The number of amides is 1. The number of benzene rings is 1. The lowest BCUT2D eigenvalue weighted by atomic mass is 10.2. The van der Waals surface area contributed by atoms with E-state index in [0.29, 0.717) is 13.2 Å². The lowest BCUT2D eigenvalue weighted by Gasteiger charge is -2.06. The zero-order valence-corrected chi connectivity index (χ0v) is 10.7. The maximum absolute atomic E-state index is 11.2. The van der Waals surface area contributed by atoms with Gasteiger partial charge in [-0.15, -0.1) is 0 Å². The number of alkyl carbamates (subject to hydrolysis) is 1. The Hall–Kier alpha value is -1.07. The molecule has 4 nitrogen and oxygen atoms in total. The summed E-state index contributed by atoms with van der Waals surface area (Å²) in [6, 6.07) is 7.64. The maximum Gasteiger partial charge on any atom is 0.407 e. The quantitative estimate of drug-likeness (QED) is 0.813. The van der Waals surface area contributed by atoms with Gasteiger partial charge in [0.25, 0.3) is 0 Å². The first-order chi connectivity index (χ1) is 7.72. The van der Waals surface area contributed by atoms with Crippen LogP contribution in [0.25, 0.3) is 0 Å². The van der Waals surface area contributed by atoms with E-state index in [1.165, 1.54) is 0 Å². The molecule has 1 amide bonds. The summed E-state index contributed by atoms with van der Waals surface area (Å²) in [6.07, 6.45) is -0.391. The Morgan fingerprint density at radius 3 is 2.62 bits per heavy atom. The molecule has 5 heteroatoms. The molecular weight excluding hydrogens is 272 g/mol. The van der Waals surface area contributed by atoms with Gasteiger partial charge in [0, 0.05) is 17.6 Å². The molecule has 0 radical (unpaired) electrons. The average Bonchev–Trinajstić information content (AvgIpc) is 2.29. The molecule has 0 heterocycles. The van der Waals surface area contributed by atoms with Gasteiger partial charge in [0.1, 0.15) is 6.61 Å². The van der Waals surface area contributed by atoms with Gasteiger partial charge in [-0.2, -0.15) is 0 Å². The Balaban J connectivity index is 2.23. The average molecular weight is 287 g/mol. The Bertz CT molecular complexity index is 327. The monoisotopic (exact) mass is 286 g/mol. The number of nitrogens with one attached hydrogen (secondary N) is 2. The van der Waals surface area contributed by atoms with Crippen molar-refractivity contribution in [2.75, 3.05) is 20.1 Å². The van der Waals surface area contributed by atoms with Crippen molar-refractivity contribution in [1.82, 2.24) is 10.6 Å². The van der Waals surface area contributed by atoms with E-state index < -0.39 is 6.09 Å². The van der Waals surface area contributed by atoms with Crippen LogP contribution in [0.15, 0.2) is 28.7 Å². The molecule has 0 unspecified atom stereocenters. The van der Waals surface area contributed by atoms with Crippen molar-refractivity contribution in [2.45, 2.75) is 6.61 Å². The fraction of sp³-hybridized carbons (Fsp3) is 0.364. The Morgan fingerprint density at radius 1 is 1.31 bits per heavy atom. The highest BCUT2D eigenvalue weighted by atomic mass is 79.9. The number of hydrogen-bond donors (Lipinski definition) is 2. The zero-order valence-electron chi connectivity index (χ0n) is 9.13. The van der Waals surface area contributed by atoms with E-state index in [2.05, 4.69) is 26.6 Å². The Labute approximate surface area is 103 Å². The van der Waals surface area contributed by atoms with E-state index in [1.807, 2.05) is 31.3 Å². The van der Waals surface area contributed by atoms with Crippen molar-refractivity contribution in [3.63, 3.8) is 0 Å². The molecule has 0 aromatic heterocycles. The number of hydrogen-bond acceptors (Lipinski definition) is 3. The van der Waals surface area contributed by atoms with Crippen LogP contribution in [-0.4, -0.2) is 26.2 Å². The SMILES string of the molecule is CNCCNC(=O)OCc1ccc(Br)cc1. The molecule has 0 atom stereocenters. The van der Waals surface area contributed by atoms with Crippen LogP contribution in [0.1, 0.15) is 5.56 Å². The van der Waals surface area contributed by atoms with Crippen LogP contribution in [0.4, 0.5) is 4.79 Å². The summed E-state index contributed by atoms with van der Waals surface area (Å²) < 4.78 is 6.03. The topological polar surface area (TPSA) is 50.4 Å². The summed E-state index contributed by atoms with van der Waals surface area (Å²) in [5.74, 6) is 0. The van der Waals surface area contributed by atoms with Gasteiger partial charge in [-0.3, -0.25) is 0 Å². The highest BCUT2D eigenvalue weighted by Crippen LogP contribution is 2.10. The fourth-order valence-corrected chi connectivity index (χ4v) is 1.33. The van der Waals surface area contributed by atoms with E-state index in [4.69, 9.17) is 4.74 Å². The minimum absolute atomic E-state index is 0.290. The number of carbonyl (C=O) groups excluding carboxylic acids is 1. The maximum atomic E-state index is 11.2. The zero-order chi connectivity index (χ0) is 11.8. The van der Waals surface area contributed by atoms with Crippen LogP contribution in [0.3, 0.4) is 0 Å². The number of halogens is 1. The first-order valence-electron chi connectivity index (χ1n) is 5.02. The van der Waals surface area contributed by atoms with Gasteiger partial charge in [0.05, 0.1) is 0 Å². The second kappa shape index (κ2) is 7.24. The third-order valence-electron chi connectivity index (χ3n) is 1.93. The van der Waals surface area contributed by atoms with E-state index in [1.54, 1.807) is 0 Å². The van der Waals surface area contributed by atoms with Crippen LogP contribution in [-0.2, 0) is 11.3 Å². The highest BCUT2D eigenvalue weighted by Gasteiger charge is 2.01. The van der Waals surface area contributed by atoms with E-state index in [9.17, 15) is 4.79 Å². The third kappa shape index (κ3) is 5.14. The smallest absolute Gasteiger partial charge is 0.407 e. The van der Waals surface area contributed by atoms with Crippen molar-refractivity contribution in [3.8, 4) is 0 Å². The molecular formula is C11H15BrN2O2. The lowest BCUT2D eigenvalue weighted by molar-refractivity contribution is 0.140.